The summed E-state index contributed by atoms with van der Waals surface area (Å²) in [5, 5.41) is 8.16. The quantitative estimate of drug-likeness (QED) is 0.628. The van der Waals surface area contributed by atoms with E-state index in [1.165, 1.54) is 0 Å². The van der Waals surface area contributed by atoms with E-state index >= 15 is 0 Å². The Bertz CT molecular complexity index is 784. The second-order valence-electron chi connectivity index (χ2n) is 5.22. The number of rotatable bonds is 6. The lowest BCUT2D eigenvalue weighted by molar-refractivity contribution is 0.0946. The van der Waals surface area contributed by atoms with Crippen molar-refractivity contribution in [3.8, 4) is 0 Å². The summed E-state index contributed by atoms with van der Waals surface area (Å²) in [6, 6.07) is 17.6. The lowest BCUT2D eigenvalue weighted by Gasteiger charge is -2.06. The molecular formula is C19H20N4O2. The molecule has 0 aliphatic carbocycles. The van der Waals surface area contributed by atoms with Gasteiger partial charge >= 0.3 is 0 Å². The first-order valence-corrected chi connectivity index (χ1v) is 7.93. The Morgan fingerprint density at radius 2 is 1.24 bits per heavy atom. The molecule has 0 fully saturated rings. The van der Waals surface area contributed by atoms with Gasteiger partial charge < -0.3 is 0 Å². The molecule has 0 saturated carbocycles. The van der Waals surface area contributed by atoms with Gasteiger partial charge in [-0.05, 0) is 37.6 Å². The molecule has 2 amide bonds. The van der Waals surface area contributed by atoms with Gasteiger partial charge in [-0.25, -0.2) is 10.9 Å². The van der Waals surface area contributed by atoms with Crippen LogP contribution in [0.25, 0.3) is 0 Å². The summed E-state index contributed by atoms with van der Waals surface area (Å²) >= 11 is 0. The van der Waals surface area contributed by atoms with Gasteiger partial charge in [-0.15, -0.1) is 0 Å². The van der Waals surface area contributed by atoms with E-state index in [0.717, 1.165) is 0 Å². The molecule has 2 aromatic carbocycles. The Morgan fingerprint density at radius 1 is 0.800 bits per heavy atom. The third-order valence-electron chi connectivity index (χ3n) is 3.44. The number of nitrogens with one attached hydrogen (secondary N) is 2. The van der Waals surface area contributed by atoms with Crippen molar-refractivity contribution < 1.29 is 9.59 Å². The van der Waals surface area contributed by atoms with Crippen LogP contribution in [-0.4, -0.2) is 23.2 Å². The van der Waals surface area contributed by atoms with E-state index in [1.54, 1.807) is 55.5 Å². The molecule has 2 N–H and O–H groups in total. The zero-order chi connectivity index (χ0) is 18.1. The van der Waals surface area contributed by atoms with Gasteiger partial charge in [0.2, 0.25) is 0 Å². The van der Waals surface area contributed by atoms with Crippen LogP contribution in [0, 0.1) is 0 Å². The third kappa shape index (κ3) is 5.39. The first kappa shape index (κ1) is 18.1. The first-order chi connectivity index (χ1) is 12.1. The minimum Gasteiger partial charge on any atom is -0.267 e. The molecule has 0 atom stereocenters. The average molecular weight is 336 g/mol. The van der Waals surface area contributed by atoms with Crippen LogP contribution < -0.4 is 10.9 Å². The molecule has 0 aromatic heterocycles. The maximum absolute atomic E-state index is 12.0. The first-order valence-electron chi connectivity index (χ1n) is 7.93. The number of carbonyl (C=O) groups excluding carboxylic acids is 2. The summed E-state index contributed by atoms with van der Waals surface area (Å²) < 4.78 is 0. The molecule has 2 rings (SSSR count). The van der Waals surface area contributed by atoms with Crippen LogP contribution in [-0.2, 0) is 0 Å². The van der Waals surface area contributed by atoms with E-state index in [1.807, 2.05) is 19.1 Å². The number of benzene rings is 2. The van der Waals surface area contributed by atoms with E-state index in [0.29, 0.717) is 29.0 Å². The highest BCUT2D eigenvalue weighted by molar-refractivity contribution is 6.41. The van der Waals surface area contributed by atoms with Crippen LogP contribution in [0.15, 0.2) is 70.9 Å². The van der Waals surface area contributed by atoms with Gasteiger partial charge in [-0.1, -0.05) is 43.3 Å². The Labute approximate surface area is 146 Å². The molecule has 0 radical (unpaired) electrons. The molecule has 25 heavy (non-hydrogen) atoms. The number of hydrazone groups is 2. The fourth-order valence-corrected chi connectivity index (χ4v) is 2.04. The van der Waals surface area contributed by atoms with Crippen LogP contribution in [0.1, 0.15) is 41.0 Å². The lowest BCUT2D eigenvalue weighted by Crippen LogP contribution is -2.25. The van der Waals surface area contributed by atoms with Crippen molar-refractivity contribution in [3.05, 3.63) is 71.8 Å². The normalized spacial score (nSPS) is 11.8. The average Bonchev–Trinajstić information content (AvgIpc) is 2.67. The maximum atomic E-state index is 12.0. The molecule has 128 valence electrons. The summed E-state index contributed by atoms with van der Waals surface area (Å²) in [7, 11) is 0. The van der Waals surface area contributed by atoms with E-state index in [4.69, 9.17) is 0 Å². The molecule has 6 heteroatoms. The summed E-state index contributed by atoms with van der Waals surface area (Å²) in [6.07, 6.45) is 0.561. The highest BCUT2D eigenvalue weighted by atomic mass is 16.2. The Balaban J connectivity index is 2.01. The number of carbonyl (C=O) groups is 2. The molecule has 6 nitrogen and oxygen atoms in total. The zero-order valence-corrected chi connectivity index (χ0v) is 14.2. The second-order valence-corrected chi connectivity index (χ2v) is 5.22. The Hall–Kier alpha value is -3.28. The van der Waals surface area contributed by atoms with Crippen LogP contribution in [0.3, 0.4) is 0 Å². The van der Waals surface area contributed by atoms with Gasteiger partial charge in [0.25, 0.3) is 11.8 Å². The summed E-state index contributed by atoms with van der Waals surface area (Å²) in [5.74, 6) is -0.601. The van der Waals surface area contributed by atoms with E-state index < -0.39 is 0 Å². The van der Waals surface area contributed by atoms with Crippen molar-refractivity contribution in [2.75, 3.05) is 0 Å². The van der Waals surface area contributed by atoms with Crippen molar-refractivity contribution in [1.82, 2.24) is 10.9 Å². The van der Waals surface area contributed by atoms with Crippen LogP contribution >= 0.6 is 0 Å². The summed E-state index contributed by atoms with van der Waals surface area (Å²) in [5.41, 5.74) is 7.14. The van der Waals surface area contributed by atoms with Crippen LogP contribution in [0.5, 0.6) is 0 Å². The van der Waals surface area contributed by atoms with Crippen molar-refractivity contribution >= 4 is 23.2 Å². The molecule has 0 aliphatic rings. The Kier molecular flexibility index (Phi) is 6.59. The van der Waals surface area contributed by atoms with Gasteiger partial charge in [-0.3, -0.25) is 9.59 Å². The number of nitrogens with zero attached hydrogens (tertiary/aromatic N) is 2. The van der Waals surface area contributed by atoms with Crippen LogP contribution in [0.4, 0.5) is 0 Å². The number of amides is 2. The van der Waals surface area contributed by atoms with Gasteiger partial charge in [0.05, 0.1) is 11.4 Å². The lowest BCUT2D eigenvalue weighted by atomic mass is 10.2. The maximum Gasteiger partial charge on any atom is 0.271 e. The summed E-state index contributed by atoms with van der Waals surface area (Å²) in [6.45, 7) is 3.62. The predicted octanol–water partition coefficient (Wildman–Crippen LogP) is 2.99. The summed E-state index contributed by atoms with van der Waals surface area (Å²) in [4.78, 5) is 24.0. The van der Waals surface area contributed by atoms with Crippen molar-refractivity contribution in [3.63, 3.8) is 0 Å². The number of hydrogen-bond donors (Lipinski definition) is 2. The van der Waals surface area contributed by atoms with Crippen molar-refractivity contribution in [2.45, 2.75) is 20.3 Å². The monoisotopic (exact) mass is 336 g/mol. The largest absolute Gasteiger partial charge is 0.271 e. The SMILES string of the molecule is CCC(=N\NC(=O)c1ccccc1)/C(C)=N/NC(=O)c1ccccc1. The highest BCUT2D eigenvalue weighted by Crippen LogP contribution is 1.99. The van der Waals surface area contributed by atoms with Gasteiger partial charge in [-0.2, -0.15) is 10.2 Å². The standard InChI is InChI=1S/C19H20N4O2/c1-3-17(21-23-19(25)16-12-8-5-9-13-16)14(2)20-22-18(24)15-10-6-4-7-11-15/h4-13H,3H2,1-2H3,(H,22,24)(H,23,25)/b20-14+,21-17+. The molecule has 0 heterocycles. The fraction of sp³-hybridized carbons (Fsp3) is 0.158. The zero-order valence-electron chi connectivity index (χ0n) is 14.2. The molecular weight excluding hydrogens is 316 g/mol. The molecule has 0 saturated heterocycles. The van der Waals surface area contributed by atoms with Gasteiger partial charge in [0, 0.05) is 11.1 Å². The van der Waals surface area contributed by atoms with Crippen molar-refractivity contribution in [2.24, 2.45) is 10.2 Å². The van der Waals surface area contributed by atoms with E-state index in [-0.39, 0.29) is 11.8 Å². The smallest absolute Gasteiger partial charge is 0.267 e. The molecule has 0 unspecified atom stereocenters. The van der Waals surface area contributed by atoms with Gasteiger partial charge in [0.1, 0.15) is 0 Å². The topological polar surface area (TPSA) is 82.9 Å². The van der Waals surface area contributed by atoms with Gasteiger partial charge in [0.15, 0.2) is 0 Å². The minimum absolute atomic E-state index is 0.298. The fourth-order valence-electron chi connectivity index (χ4n) is 2.04. The van der Waals surface area contributed by atoms with E-state index in [9.17, 15) is 9.59 Å². The molecule has 0 bridgehead atoms. The third-order valence-corrected chi connectivity index (χ3v) is 3.44. The minimum atomic E-state index is -0.302. The molecule has 0 aliphatic heterocycles. The Morgan fingerprint density at radius 3 is 1.68 bits per heavy atom. The molecule has 0 spiro atoms. The second kappa shape index (κ2) is 9.12. The molecule has 2 aromatic rings. The predicted molar refractivity (Wildman–Crippen MR) is 98.7 cm³/mol. The van der Waals surface area contributed by atoms with E-state index in [2.05, 4.69) is 21.1 Å². The highest BCUT2D eigenvalue weighted by Gasteiger charge is 2.07. The van der Waals surface area contributed by atoms with Crippen molar-refractivity contribution in [1.29, 1.82) is 0 Å². The van der Waals surface area contributed by atoms with Crippen LogP contribution in [0.2, 0.25) is 0 Å². The number of hydrogen-bond acceptors (Lipinski definition) is 4.